The van der Waals surface area contributed by atoms with Crippen molar-refractivity contribution in [3.05, 3.63) is 231 Å². The van der Waals surface area contributed by atoms with Crippen molar-refractivity contribution in [2.24, 2.45) is 0 Å². The van der Waals surface area contributed by atoms with E-state index in [1.807, 2.05) is 60.7 Å². The van der Waals surface area contributed by atoms with E-state index in [4.69, 9.17) is 15.0 Å². The van der Waals surface area contributed by atoms with Crippen molar-refractivity contribution in [3.63, 3.8) is 0 Å². The van der Waals surface area contributed by atoms with Gasteiger partial charge in [0.1, 0.15) is 0 Å². The molecule has 9 aromatic carbocycles. The van der Waals surface area contributed by atoms with Gasteiger partial charge in [-0.15, -0.1) is 0 Å². The quantitative estimate of drug-likeness (QED) is 0.161. The van der Waals surface area contributed by atoms with Crippen LogP contribution < -0.4 is 0 Å². The summed E-state index contributed by atoms with van der Waals surface area (Å²) in [4.78, 5) is 15.0. The smallest absolute Gasteiger partial charge is 0.164 e. The minimum atomic E-state index is 0.630. The maximum atomic E-state index is 5.02. The van der Waals surface area contributed by atoms with Crippen molar-refractivity contribution in [2.75, 3.05) is 0 Å². The predicted octanol–water partition coefficient (Wildman–Crippen LogP) is 14.7. The number of hydrogen-bond donors (Lipinski definition) is 0. The van der Waals surface area contributed by atoms with E-state index in [0.717, 1.165) is 55.9 Å². The third-order valence-corrected chi connectivity index (χ3v) is 12.7. The summed E-state index contributed by atoms with van der Waals surface area (Å²) in [5, 5.41) is 6.07. The van der Waals surface area contributed by atoms with Gasteiger partial charge in [0, 0.05) is 66.9 Å². The third-order valence-electron chi connectivity index (χ3n) is 12.7. The number of benzene rings is 9. The first kappa shape index (κ1) is 36.8. The number of rotatable bonds is 7. The summed E-state index contributed by atoms with van der Waals surface area (Å²) in [6.07, 6.45) is 2.18. The van der Waals surface area contributed by atoms with Gasteiger partial charge in [0.2, 0.25) is 0 Å². The van der Waals surface area contributed by atoms with E-state index in [1.54, 1.807) is 0 Å². The number of para-hydroxylation sites is 3. The number of nitrogens with zero attached hydrogens (tertiary/aromatic N) is 6. The fourth-order valence-corrected chi connectivity index (χ4v) is 9.68. The molecular weight excluding hydrogens is 793 g/mol. The van der Waals surface area contributed by atoms with E-state index in [0.29, 0.717) is 17.5 Å². The zero-order valence-corrected chi connectivity index (χ0v) is 35.1. The Morgan fingerprint density at radius 1 is 0.277 bits per heavy atom. The molecule has 304 valence electrons. The van der Waals surface area contributed by atoms with E-state index in [2.05, 4.69) is 184 Å². The SMILES string of the molecule is c1ccc(-c2nc(-c3ccccc3)nc(-c3cccc(-c4ccc(-n5c6cc7c(ccn7-c7ccccc7)cc6c6ccc7c8ccccc8n(-c8ccccc8)c7c65)cc4)c3)n2)cc1. The molecule has 0 fully saturated rings. The Labute approximate surface area is 374 Å². The van der Waals surface area contributed by atoms with Crippen LogP contribution in [0.5, 0.6) is 0 Å². The lowest BCUT2D eigenvalue weighted by molar-refractivity contribution is 1.07. The molecule has 13 rings (SSSR count). The molecule has 0 bridgehead atoms. The second-order valence-corrected chi connectivity index (χ2v) is 16.5. The third kappa shape index (κ3) is 6.07. The highest BCUT2D eigenvalue weighted by atomic mass is 15.1. The first-order valence-electron chi connectivity index (χ1n) is 21.9. The van der Waals surface area contributed by atoms with Crippen LogP contribution in [0.1, 0.15) is 0 Å². The maximum Gasteiger partial charge on any atom is 0.164 e. The van der Waals surface area contributed by atoms with Crippen LogP contribution in [0, 0.1) is 0 Å². The summed E-state index contributed by atoms with van der Waals surface area (Å²) >= 11 is 0. The average molecular weight is 831 g/mol. The van der Waals surface area contributed by atoms with Crippen LogP contribution in [-0.4, -0.2) is 28.7 Å². The molecule has 0 radical (unpaired) electrons. The molecule has 13 aromatic rings. The van der Waals surface area contributed by atoms with Crippen molar-refractivity contribution in [1.29, 1.82) is 0 Å². The summed E-state index contributed by atoms with van der Waals surface area (Å²) in [5.74, 6) is 1.92. The highest BCUT2D eigenvalue weighted by Crippen LogP contribution is 2.43. The Morgan fingerprint density at radius 3 is 1.45 bits per heavy atom. The second-order valence-electron chi connectivity index (χ2n) is 16.5. The van der Waals surface area contributed by atoms with Gasteiger partial charge in [-0.1, -0.05) is 158 Å². The topological polar surface area (TPSA) is 53.5 Å². The van der Waals surface area contributed by atoms with Crippen molar-refractivity contribution < 1.29 is 0 Å². The zero-order valence-electron chi connectivity index (χ0n) is 35.1. The maximum absolute atomic E-state index is 5.02. The van der Waals surface area contributed by atoms with Gasteiger partial charge in [0.05, 0.1) is 27.6 Å². The van der Waals surface area contributed by atoms with Crippen LogP contribution in [0.25, 0.3) is 117 Å². The zero-order chi connectivity index (χ0) is 42.8. The normalized spacial score (nSPS) is 11.7. The monoisotopic (exact) mass is 830 g/mol. The highest BCUT2D eigenvalue weighted by molar-refractivity contribution is 6.25. The van der Waals surface area contributed by atoms with E-state index in [9.17, 15) is 0 Å². The molecule has 0 aliphatic heterocycles. The standard InChI is InChI=1S/C59H38N6/c1-5-16-40(17-6-1)57-60-58(41-18-7-2-8-19-41)62-59(61-57)44-21-15-20-42(36-44)39-28-30-47(31-29-39)65-54-38-53-43(34-35-63(53)45-22-9-3-10-23-45)37-51(54)50-33-32-49-48-26-13-14-27-52(48)64(55(49)56(50)65)46-24-11-4-12-25-46/h1-38H. The second kappa shape index (κ2) is 14.9. The fraction of sp³-hybridized carbons (Fsp3) is 0. The molecule has 0 saturated carbocycles. The molecular formula is C59H38N6. The largest absolute Gasteiger partial charge is 0.316 e. The molecule has 6 heteroatoms. The van der Waals surface area contributed by atoms with E-state index < -0.39 is 0 Å². The number of hydrogen-bond acceptors (Lipinski definition) is 3. The van der Waals surface area contributed by atoms with Gasteiger partial charge in [-0.05, 0) is 77.9 Å². The van der Waals surface area contributed by atoms with Crippen molar-refractivity contribution in [2.45, 2.75) is 0 Å². The lowest BCUT2D eigenvalue weighted by Gasteiger charge is -2.14. The van der Waals surface area contributed by atoms with Gasteiger partial charge < -0.3 is 13.7 Å². The highest BCUT2D eigenvalue weighted by Gasteiger charge is 2.22. The molecule has 0 N–H and O–H groups in total. The minimum absolute atomic E-state index is 0.630. The van der Waals surface area contributed by atoms with Crippen LogP contribution in [-0.2, 0) is 0 Å². The molecule has 0 saturated heterocycles. The van der Waals surface area contributed by atoms with Gasteiger partial charge in [0.25, 0.3) is 0 Å². The van der Waals surface area contributed by atoms with E-state index in [-0.39, 0.29) is 0 Å². The Bertz CT molecular complexity index is 3850. The summed E-state index contributed by atoms with van der Waals surface area (Å²) in [7, 11) is 0. The molecule has 0 spiro atoms. The van der Waals surface area contributed by atoms with Gasteiger partial charge in [-0.25, -0.2) is 15.0 Å². The fourth-order valence-electron chi connectivity index (χ4n) is 9.68. The number of aromatic nitrogens is 6. The van der Waals surface area contributed by atoms with E-state index in [1.165, 1.54) is 43.5 Å². The first-order chi connectivity index (χ1) is 32.2. The summed E-state index contributed by atoms with van der Waals surface area (Å²) in [5.41, 5.74) is 14.2. The lowest BCUT2D eigenvalue weighted by Crippen LogP contribution is -2.00. The van der Waals surface area contributed by atoms with Crippen LogP contribution in [0.3, 0.4) is 0 Å². The Hall–Kier alpha value is -8.87. The Kier molecular flexibility index (Phi) is 8.42. The Morgan fingerprint density at radius 2 is 0.785 bits per heavy atom. The van der Waals surface area contributed by atoms with Crippen LogP contribution in [0.2, 0.25) is 0 Å². The van der Waals surface area contributed by atoms with Gasteiger partial charge >= 0.3 is 0 Å². The van der Waals surface area contributed by atoms with Crippen molar-refractivity contribution in [1.82, 2.24) is 28.7 Å². The van der Waals surface area contributed by atoms with Gasteiger partial charge in [0.15, 0.2) is 17.5 Å². The van der Waals surface area contributed by atoms with Gasteiger partial charge in [-0.3, -0.25) is 0 Å². The summed E-state index contributed by atoms with van der Waals surface area (Å²) in [6, 6.07) is 79.5. The van der Waals surface area contributed by atoms with Crippen LogP contribution >= 0.6 is 0 Å². The van der Waals surface area contributed by atoms with Crippen LogP contribution in [0.15, 0.2) is 231 Å². The first-order valence-corrected chi connectivity index (χ1v) is 21.9. The number of fused-ring (bicyclic) bond motifs is 8. The Balaban J connectivity index is 1.01. The summed E-state index contributed by atoms with van der Waals surface area (Å²) < 4.78 is 7.22. The lowest BCUT2D eigenvalue weighted by atomic mass is 10.0. The van der Waals surface area contributed by atoms with Crippen LogP contribution in [0.4, 0.5) is 0 Å². The molecule has 6 nitrogen and oxygen atoms in total. The molecule has 4 heterocycles. The molecule has 0 amide bonds. The average Bonchev–Trinajstić information content (AvgIpc) is 4.06. The van der Waals surface area contributed by atoms with E-state index >= 15 is 0 Å². The molecule has 0 unspecified atom stereocenters. The molecule has 65 heavy (non-hydrogen) atoms. The van der Waals surface area contributed by atoms with Gasteiger partial charge in [-0.2, -0.15) is 0 Å². The summed E-state index contributed by atoms with van der Waals surface area (Å²) in [6.45, 7) is 0. The molecule has 4 aromatic heterocycles. The molecule has 0 aliphatic carbocycles. The predicted molar refractivity (Wildman–Crippen MR) is 267 cm³/mol. The van der Waals surface area contributed by atoms with Crippen molar-refractivity contribution >= 4 is 54.5 Å². The van der Waals surface area contributed by atoms with Crippen molar-refractivity contribution in [3.8, 4) is 62.4 Å². The molecule has 0 atom stereocenters. The minimum Gasteiger partial charge on any atom is -0.316 e. The molecule has 0 aliphatic rings.